The van der Waals surface area contributed by atoms with E-state index >= 15 is 0 Å². The minimum absolute atomic E-state index is 0.368. The number of hydrogen-bond acceptors (Lipinski definition) is 1. The Balaban J connectivity index is 2.01. The maximum atomic E-state index is 9.18. The number of nitriles is 1. The van der Waals surface area contributed by atoms with Crippen LogP contribution in [0.3, 0.4) is 0 Å². The van der Waals surface area contributed by atoms with Crippen molar-refractivity contribution in [1.82, 2.24) is 0 Å². The van der Waals surface area contributed by atoms with Crippen molar-refractivity contribution in [2.75, 3.05) is 0 Å². The second kappa shape index (κ2) is 2.63. The smallest absolute Gasteiger partial charge is 0.0662 e. The molecule has 0 spiro atoms. The normalized spacial score (nSPS) is 49.8. The predicted octanol–water partition coefficient (Wildman–Crippen LogP) is 3.43. The lowest BCUT2D eigenvalue weighted by molar-refractivity contribution is -0.155. The summed E-state index contributed by atoms with van der Waals surface area (Å²) in [5.41, 5.74) is 0.967. The van der Waals surface area contributed by atoms with Crippen molar-refractivity contribution >= 4 is 0 Å². The van der Waals surface area contributed by atoms with E-state index in [0.29, 0.717) is 16.7 Å². The standard InChI is InChI=1S/C13H17N/c14-10-11-9-12-5-1-3-7-13(11,12)8-4-2-6-12/h1,3,11H,2,4-9H2/t11-,12-,13-/m0/s1. The summed E-state index contributed by atoms with van der Waals surface area (Å²) in [5, 5.41) is 9.18. The Hall–Kier alpha value is -0.770. The first-order chi connectivity index (χ1) is 6.83. The van der Waals surface area contributed by atoms with Crippen LogP contribution in [-0.2, 0) is 0 Å². The summed E-state index contributed by atoms with van der Waals surface area (Å²) in [6.45, 7) is 0. The minimum Gasteiger partial charge on any atom is -0.198 e. The lowest BCUT2D eigenvalue weighted by atomic mass is 9.36. The van der Waals surface area contributed by atoms with Crippen molar-refractivity contribution in [2.24, 2.45) is 16.7 Å². The van der Waals surface area contributed by atoms with Crippen LogP contribution in [0.5, 0.6) is 0 Å². The molecule has 1 nitrogen and oxygen atoms in total. The van der Waals surface area contributed by atoms with Crippen LogP contribution in [0, 0.1) is 28.1 Å². The molecule has 0 saturated heterocycles. The maximum Gasteiger partial charge on any atom is 0.0662 e. The van der Waals surface area contributed by atoms with Gasteiger partial charge in [0.15, 0.2) is 0 Å². The van der Waals surface area contributed by atoms with Crippen molar-refractivity contribution in [3.63, 3.8) is 0 Å². The topological polar surface area (TPSA) is 23.8 Å². The van der Waals surface area contributed by atoms with Gasteiger partial charge in [-0.1, -0.05) is 25.0 Å². The largest absolute Gasteiger partial charge is 0.198 e. The minimum atomic E-state index is 0.368. The maximum absolute atomic E-state index is 9.18. The van der Waals surface area contributed by atoms with Gasteiger partial charge in [-0.05, 0) is 42.9 Å². The van der Waals surface area contributed by atoms with Crippen molar-refractivity contribution in [2.45, 2.75) is 44.9 Å². The van der Waals surface area contributed by atoms with Crippen LogP contribution < -0.4 is 0 Å². The zero-order valence-electron chi connectivity index (χ0n) is 8.63. The van der Waals surface area contributed by atoms with Crippen molar-refractivity contribution in [3.8, 4) is 6.07 Å². The van der Waals surface area contributed by atoms with Gasteiger partial charge >= 0.3 is 0 Å². The molecule has 0 bridgehead atoms. The average molecular weight is 187 g/mol. The fourth-order valence-corrected chi connectivity index (χ4v) is 4.34. The first-order valence-corrected chi connectivity index (χ1v) is 5.88. The van der Waals surface area contributed by atoms with E-state index in [1.807, 2.05) is 0 Å². The van der Waals surface area contributed by atoms with Crippen LogP contribution in [0.15, 0.2) is 12.2 Å². The second-order valence-electron chi connectivity index (χ2n) is 5.41. The summed E-state index contributed by atoms with van der Waals surface area (Å²) < 4.78 is 0. The first kappa shape index (κ1) is 8.53. The summed E-state index contributed by atoms with van der Waals surface area (Å²) in [6.07, 6.45) is 13.8. The Morgan fingerprint density at radius 2 is 1.93 bits per heavy atom. The molecule has 3 rings (SSSR count). The van der Waals surface area contributed by atoms with Gasteiger partial charge < -0.3 is 0 Å². The van der Waals surface area contributed by atoms with Crippen LogP contribution in [0.4, 0.5) is 0 Å². The van der Waals surface area contributed by atoms with E-state index in [4.69, 9.17) is 0 Å². The lowest BCUT2D eigenvalue weighted by Crippen LogP contribution is -2.60. The second-order valence-corrected chi connectivity index (χ2v) is 5.41. The summed E-state index contributed by atoms with van der Waals surface area (Å²) in [5.74, 6) is 0.368. The number of nitrogens with zero attached hydrogens (tertiary/aromatic N) is 1. The monoisotopic (exact) mass is 187 g/mol. The van der Waals surface area contributed by atoms with Gasteiger partial charge in [0.2, 0.25) is 0 Å². The van der Waals surface area contributed by atoms with E-state index in [0.717, 1.165) is 0 Å². The molecule has 0 aromatic carbocycles. The molecule has 0 aliphatic heterocycles. The third kappa shape index (κ3) is 0.764. The van der Waals surface area contributed by atoms with E-state index in [-0.39, 0.29) is 0 Å². The van der Waals surface area contributed by atoms with E-state index in [9.17, 15) is 5.26 Å². The molecule has 0 N–H and O–H groups in total. The van der Waals surface area contributed by atoms with Gasteiger partial charge in [-0.2, -0.15) is 5.26 Å². The summed E-state index contributed by atoms with van der Waals surface area (Å²) in [6, 6.07) is 2.55. The highest BCUT2D eigenvalue weighted by Crippen LogP contribution is 2.72. The van der Waals surface area contributed by atoms with Crippen LogP contribution >= 0.6 is 0 Å². The van der Waals surface area contributed by atoms with Gasteiger partial charge in [-0.15, -0.1) is 0 Å². The molecule has 14 heavy (non-hydrogen) atoms. The number of allylic oxidation sites excluding steroid dienone is 2. The molecule has 74 valence electrons. The fraction of sp³-hybridized carbons (Fsp3) is 0.769. The predicted molar refractivity (Wildman–Crippen MR) is 55.4 cm³/mol. The Labute approximate surface area is 85.8 Å². The third-order valence-electron chi connectivity index (χ3n) is 5.16. The van der Waals surface area contributed by atoms with E-state index < -0.39 is 0 Å². The zero-order valence-corrected chi connectivity index (χ0v) is 8.63. The van der Waals surface area contributed by atoms with Crippen LogP contribution in [0.1, 0.15) is 44.9 Å². The Morgan fingerprint density at radius 3 is 2.79 bits per heavy atom. The van der Waals surface area contributed by atoms with Crippen LogP contribution in [0.25, 0.3) is 0 Å². The lowest BCUT2D eigenvalue weighted by Gasteiger charge is -2.66. The molecule has 1 heteroatoms. The zero-order chi connectivity index (χ0) is 9.65. The molecule has 0 aromatic rings. The highest BCUT2D eigenvalue weighted by atomic mass is 14.7. The fourth-order valence-electron chi connectivity index (χ4n) is 4.34. The van der Waals surface area contributed by atoms with Crippen LogP contribution in [0.2, 0.25) is 0 Å². The molecule has 0 heterocycles. The Kier molecular flexibility index (Phi) is 1.60. The highest BCUT2D eigenvalue weighted by Gasteiger charge is 2.65. The molecule has 3 aliphatic carbocycles. The molecule has 0 amide bonds. The summed E-state index contributed by atoms with van der Waals surface area (Å²) in [7, 11) is 0. The van der Waals surface area contributed by atoms with Crippen molar-refractivity contribution in [1.29, 1.82) is 5.26 Å². The molecule has 0 aromatic heterocycles. The molecule has 0 unspecified atom stereocenters. The Morgan fingerprint density at radius 1 is 1.14 bits per heavy atom. The summed E-state index contributed by atoms with van der Waals surface area (Å²) in [4.78, 5) is 0. The quantitative estimate of drug-likeness (QED) is 0.533. The van der Waals surface area contributed by atoms with Crippen molar-refractivity contribution in [3.05, 3.63) is 12.2 Å². The number of rotatable bonds is 0. The van der Waals surface area contributed by atoms with Crippen LogP contribution in [-0.4, -0.2) is 0 Å². The summed E-state index contributed by atoms with van der Waals surface area (Å²) >= 11 is 0. The van der Waals surface area contributed by atoms with E-state index in [2.05, 4.69) is 18.2 Å². The van der Waals surface area contributed by atoms with Gasteiger partial charge in [0.25, 0.3) is 0 Å². The molecular formula is C13H17N. The SMILES string of the molecule is N#C[C@@H]1C[C@@]23CC=CC[C@]12CCCC3. The third-order valence-corrected chi connectivity index (χ3v) is 5.16. The first-order valence-electron chi connectivity index (χ1n) is 5.88. The molecular weight excluding hydrogens is 170 g/mol. The molecule has 3 aliphatic rings. The highest BCUT2D eigenvalue weighted by molar-refractivity contribution is 5.24. The number of hydrogen-bond donors (Lipinski definition) is 0. The van der Waals surface area contributed by atoms with Gasteiger partial charge in [0, 0.05) is 0 Å². The average Bonchev–Trinajstić information content (AvgIpc) is 2.21. The van der Waals surface area contributed by atoms with Gasteiger partial charge in [0.05, 0.1) is 12.0 Å². The van der Waals surface area contributed by atoms with Crippen molar-refractivity contribution < 1.29 is 0 Å². The van der Waals surface area contributed by atoms with Gasteiger partial charge in [0.1, 0.15) is 0 Å². The molecule has 2 saturated carbocycles. The Bertz CT molecular complexity index is 325. The van der Waals surface area contributed by atoms with E-state index in [1.54, 1.807) is 0 Å². The van der Waals surface area contributed by atoms with Gasteiger partial charge in [-0.3, -0.25) is 0 Å². The molecule has 0 radical (unpaired) electrons. The molecule has 2 fully saturated rings. The molecule has 3 atom stereocenters. The van der Waals surface area contributed by atoms with Gasteiger partial charge in [-0.25, -0.2) is 0 Å². The van der Waals surface area contributed by atoms with E-state index in [1.165, 1.54) is 44.9 Å².